The van der Waals surface area contributed by atoms with E-state index < -0.39 is 12.0 Å². The maximum Gasteiger partial charge on any atom is 0.320 e. The fourth-order valence-corrected chi connectivity index (χ4v) is 2.58. The first-order chi connectivity index (χ1) is 9.13. The minimum atomic E-state index is -0.752. The average molecular weight is 267 g/mol. The van der Waals surface area contributed by atoms with Crippen molar-refractivity contribution in [2.45, 2.75) is 52.1 Å². The molecule has 1 fully saturated rings. The number of carboxylic acid groups (broad SMARTS) is 1. The van der Waals surface area contributed by atoms with E-state index in [2.05, 4.69) is 17.1 Å². The summed E-state index contributed by atoms with van der Waals surface area (Å²) in [4.78, 5) is 17.6. The van der Waals surface area contributed by atoms with Crippen molar-refractivity contribution in [3.63, 3.8) is 0 Å². The zero-order valence-electron chi connectivity index (χ0n) is 11.5. The van der Waals surface area contributed by atoms with Gasteiger partial charge in [0.15, 0.2) is 5.82 Å². The number of hydrogen-bond acceptors (Lipinski definition) is 5. The lowest BCUT2D eigenvalue weighted by Crippen LogP contribution is -2.46. The van der Waals surface area contributed by atoms with Gasteiger partial charge in [-0.15, -0.1) is 0 Å². The fraction of sp³-hybridized carbons (Fsp3) is 0.769. The molecular formula is C13H21N3O3. The lowest BCUT2D eigenvalue weighted by molar-refractivity contribution is -0.145. The van der Waals surface area contributed by atoms with Crippen LogP contribution in [0.1, 0.15) is 44.8 Å². The monoisotopic (exact) mass is 267 g/mol. The third-order valence-corrected chi connectivity index (χ3v) is 3.84. The average Bonchev–Trinajstić information content (AvgIpc) is 2.86. The number of carbonyl (C=O) groups is 1. The van der Waals surface area contributed by atoms with E-state index in [0.717, 1.165) is 19.4 Å². The van der Waals surface area contributed by atoms with Crippen molar-refractivity contribution in [1.82, 2.24) is 15.0 Å². The van der Waals surface area contributed by atoms with Crippen LogP contribution in [0.4, 0.5) is 0 Å². The molecule has 0 spiro atoms. The molecule has 1 aliphatic heterocycles. The second-order valence-electron chi connectivity index (χ2n) is 5.08. The predicted octanol–water partition coefficient (Wildman–Crippen LogP) is 1.71. The largest absolute Gasteiger partial charge is 0.480 e. The standard InChI is InChI=1S/C13H21N3O3/c1-3-9-5-6-16(10(7-9)13(17)18)8-11-14-12(4-2)19-15-11/h9-10H,3-8H2,1-2H3,(H,17,18). The maximum atomic E-state index is 11.4. The lowest BCUT2D eigenvalue weighted by Gasteiger charge is -2.36. The Balaban J connectivity index is 2.03. The van der Waals surface area contributed by atoms with E-state index >= 15 is 0 Å². The highest BCUT2D eigenvalue weighted by molar-refractivity contribution is 5.73. The molecule has 0 bridgehead atoms. The van der Waals surface area contributed by atoms with E-state index in [1.165, 1.54) is 0 Å². The van der Waals surface area contributed by atoms with E-state index in [1.54, 1.807) is 0 Å². The second kappa shape index (κ2) is 6.14. The fourth-order valence-electron chi connectivity index (χ4n) is 2.58. The molecule has 106 valence electrons. The number of rotatable bonds is 5. The highest BCUT2D eigenvalue weighted by atomic mass is 16.5. The number of aromatic nitrogens is 2. The topological polar surface area (TPSA) is 79.5 Å². The van der Waals surface area contributed by atoms with Crippen LogP contribution >= 0.6 is 0 Å². The molecule has 0 amide bonds. The van der Waals surface area contributed by atoms with Crippen molar-refractivity contribution in [1.29, 1.82) is 0 Å². The molecule has 1 aliphatic rings. The Morgan fingerprint density at radius 3 is 2.89 bits per heavy atom. The van der Waals surface area contributed by atoms with Crippen molar-refractivity contribution in [3.05, 3.63) is 11.7 Å². The number of aryl methyl sites for hydroxylation is 1. The van der Waals surface area contributed by atoms with Crippen LogP contribution in [0.2, 0.25) is 0 Å². The van der Waals surface area contributed by atoms with E-state index in [-0.39, 0.29) is 0 Å². The molecule has 6 nitrogen and oxygen atoms in total. The molecule has 1 aromatic heterocycles. The van der Waals surface area contributed by atoms with E-state index in [0.29, 0.717) is 37.0 Å². The van der Waals surface area contributed by atoms with Crippen molar-refractivity contribution < 1.29 is 14.4 Å². The van der Waals surface area contributed by atoms with Gasteiger partial charge in [-0.2, -0.15) is 4.98 Å². The summed E-state index contributed by atoms with van der Waals surface area (Å²) in [7, 11) is 0. The molecule has 1 aromatic rings. The summed E-state index contributed by atoms with van der Waals surface area (Å²) in [6.07, 6.45) is 3.50. The highest BCUT2D eigenvalue weighted by Crippen LogP contribution is 2.26. The Morgan fingerprint density at radius 2 is 2.32 bits per heavy atom. The second-order valence-corrected chi connectivity index (χ2v) is 5.08. The lowest BCUT2D eigenvalue weighted by atomic mass is 9.89. The summed E-state index contributed by atoms with van der Waals surface area (Å²) in [5.41, 5.74) is 0. The predicted molar refractivity (Wildman–Crippen MR) is 68.5 cm³/mol. The third-order valence-electron chi connectivity index (χ3n) is 3.84. The first-order valence-electron chi connectivity index (χ1n) is 6.92. The molecule has 0 radical (unpaired) electrons. The summed E-state index contributed by atoms with van der Waals surface area (Å²) in [5.74, 6) is 0.939. The molecule has 2 atom stereocenters. The van der Waals surface area contributed by atoms with Gasteiger partial charge in [0, 0.05) is 6.42 Å². The van der Waals surface area contributed by atoms with Gasteiger partial charge < -0.3 is 9.63 Å². The summed E-state index contributed by atoms with van der Waals surface area (Å²) >= 11 is 0. The van der Waals surface area contributed by atoms with Crippen molar-refractivity contribution in [2.75, 3.05) is 6.54 Å². The van der Waals surface area contributed by atoms with Crippen LogP contribution in [0.3, 0.4) is 0 Å². The van der Waals surface area contributed by atoms with Crippen LogP contribution in [0.5, 0.6) is 0 Å². The minimum absolute atomic E-state index is 0.428. The third kappa shape index (κ3) is 3.32. The number of carboxylic acids is 1. The number of hydrogen-bond donors (Lipinski definition) is 1. The summed E-state index contributed by atoms with van der Waals surface area (Å²) in [6.45, 7) is 5.30. The molecule has 2 unspecified atom stereocenters. The van der Waals surface area contributed by atoms with E-state index in [1.807, 2.05) is 11.8 Å². The van der Waals surface area contributed by atoms with Crippen LogP contribution in [-0.4, -0.2) is 38.7 Å². The van der Waals surface area contributed by atoms with Crippen LogP contribution in [0, 0.1) is 5.92 Å². The van der Waals surface area contributed by atoms with Gasteiger partial charge in [-0.05, 0) is 25.3 Å². The van der Waals surface area contributed by atoms with Crippen molar-refractivity contribution in [2.24, 2.45) is 5.92 Å². The molecule has 1 saturated heterocycles. The van der Waals surface area contributed by atoms with Crippen LogP contribution < -0.4 is 0 Å². The number of likely N-dealkylation sites (tertiary alicyclic amines) is 1. The Labute approximate surface area is 112 Å². The van der Waals surface area contributed by atoms with Gasteiger partial charge in [0.1, 0.15) is 6.04 Å². The Hall–Kier alpha value is -1.43. The van der Waals surface area contributed by atoms with Gasteiger partial charge in [-0.25, -0.2) is 0 Å². The molecule has 0 aliphatic carbocycles. The van der Waals surface area contributed by atoms with Gasteiger partial charge in [0.2, 0.25) is 5.89 Å². The molecular weight excluding hydrogens is 246 g/mol. The van der Waals surface area contributed by atoms with Crippen LogP contribution in [0.25, 0.3) is 0 Å². The van der Waals surface area contributed by atoms with Gasteiger partial charge in [0.05, 0.1) is 6.54 Å². The molecule has 2 rings (SSSR count). The molecule has 6 heteroatoms. The smallest absolute Gasteiger partial charge is 0.320 e. The Kier molecular flexibility index (Phi) is 4.52. The number of piperidine rings is 1. The van der Waals surface area contributed by atoms with Crippen molar-refractivity contribution in [3.8, 4) is 0 Å². The van der Waals surface area contributed by atoms with Crippen LogP contribution in [-0.2, 0) is 17.8 Å². The van der Waals surface area contributed by atoms with Gasteiger partial charge >= 0.3 is 5.97 Å². The molecule has 2 heterocycles. The van der Waals surface area contributed by atoms with Gasteiger partial charge in [-0.3, -0.25) is 9.69 Å². The van der Waals surface area contributed by atoms with E-state index in [4.69, 9.17) is 4.52 Å². The molecule has 19 heavy (non-hydrogen) atoms. The summed E-state index contributed by atoms with van der Waals surface area (Å²) < 4.78 is 5.06. The van der Waals surface area contributed by atoms with Crippen molar-refractivity contribution >= 4 is 5.97 Å². The normalized spacial score (nSPS) is 24.5. The number of aliphatic carboxylic acids is 1. The number of nitrogens with zero attached hydrogens (tertiary/aromatic N) is 3. The summed E-state index contributed by atoms with van der Waals surface area (Å²) in [5, 5.41) is 13.2. The quantitative estimate of drug-likeness (QED) is 0.874. The summed E-state index contributed by atoms with van der Waals surface area (Å²) in [6, 6.07) is -0.428. The molecule has 1 N–H and O–H groups in total. The first kappa shape index (κ1) is 14.0. The van der Waals surface area contributed by atoms with Crippen LogP contribution in [0.15, 0.2) is 4.52 Å². The zero-order valence-corrected chi connectivity index (χ0v) is 11.5. The molecule has 0 aromatic carbocycles. The first-order valence-corrected chi connectivity index (χ1v) is 6.92. The van der Waals surface area contributed by atoms with E-state index in [9.17, 15) is 9.90 Å². The molecule has 0 saturated carbocycles. The van der Waals surface area contributed by atoms with Gasteiger partial charge in [0.25, 0.3) is 0 Å². The highest BCUT2D eigenvalue weighted by Gasteiger charge is 2.33. The Bertz CT molecular complexity index is 433. The zero-order chi connectivity index (χ0) is 13.8. The SMILES string of the molecule is CCc1nc(CN2CCC(CC)CC2C(=O)O)no1. The minimum Gasteiger partial charge on any atom is -0.480 e. The Morgan fingerprint density at radius 1 is 1.53 bits per heavy atom. The van der Waals surface area contributed by atoms with Gasteiger partial charge in [-0.1, -0.05) is 25.4 Å². The maximum absolute atomic E-state index is 11.4.